The first kappa shape index (κ1) is 14.4. The van der Waals surface area contributed by atoms with Crippen LogP contribution in [0.15, 0.2) is 0 Å². The maximum absolute atomic E-state index is 11.3. The van der Waals surface area contributed by atoms with E-state index in [0.717, 1.165) is 6.54 Å². The van der Waals surface area contributed by atoms with E-state index in [9.17, 15) is 13.2 Å². The summed E-state index contributed by atoms with van der Waals surface area (Å²) in [6.07, 6.45) is 1.23. The van der Waals surface area contributed by atoms with Crippen LogP contribution in [-0.2, 0) is 14.6 Å². The van der Waals surface area contributed by atoms with Crippen LogP contribution in [0.1, 0.15) is 26.7 Å². The van der Waals surface area contributed by atoms with Crippen molar-refractivity contribution in [2.75, 3.05) is 31.1 Å². The van der Waals surface area contributed by atoms with Gasteiger partial charge in [0.15, 0.2) is 0 Å². The van der Waals surface area contributed by atoms with E-state index in [0.29, 0.717) is 25.9 Å². The van der Waals surface area contributed by atoms with E-state index >= 15 is 0 Å². The summed E-state index contributed by atoms with van der Waals surface area (Å²) in [5.74, 6) is -0.384. The average molecular weight is 263 g/mol. The molecule has 1 N–H and O–H groups in total. The lowest BCUT2D eigenvalue weighted by molar-refractivity contribution is -0.147. The number of carbonyl (C=O) groups is 1. The molecule has 0 bridgehead atoms. The molecule has 1 heterocycles. The fourth-order valence-corrected chi connectivity index (χ4v) is 2.93. The predicted molar refractivity (Wildman–Crippen MR) is 65.7 cm³/mol. The number of hydrogen-bond donors (Lipinski definition) is 1. The first-order chi connectivity index (χ1) is 7.79. The quantitative estimate of drug-likeness (QED) is 0.760. The maximum atomic E-state index is 11.3. The molecule has 1 atom stereocenters. The summed E-state index contributed by atoms with van der Waals surface area (Å²) >= 11 is 0. The van der Waals surface area contributed by atoms with Gasteiger partial charge in [0.1, 0.15) is 9.84 Å². The van der Waals surface area contributed by atoms with Gasteiger partial charge in [0.05, 0.1) is 11.2 Å². The standard InChI is InChI=1S/C11H21NO4S/c1-3-17(15,16)8-4-6-12-7-5-11(2,9-12)10(13)14/h3-9H2,1-2H3,(H,13,14). The molecule has 0 aromatic rings. The third-order valence-corrected chi connectivity index (χ3v) is 5.23. The number of rotatable bonds is 6. The molecular formula is C11H21NO4S. The van der Waals surface area contributed by atoms with Gasteiger partial charge >= 0.3 is 5.97 Å². The van der Waals surface area contributed by atoms with E-state index in [-0.39, 0.29) is 11.5 Å². The summed E-state index contributed by atoms with van der Waals surface area (Å²) in [5, 5.41) is 9.06. The van der Waals surface area contributed by atoms with E-state index in [4.69, 9.17) is 5.11 Å². The number of carboxylic acid groups (broad SMARTS) is 1. The molecule has 0 amide bonds. The summed E-state index contributed by atoms with van der Waals surface area (Å²) in [4.78, 5) is 13.1. The van der Waals surface area contributed by atoms with Crippen molar-refractivity contribution in [3.05, 3.63) is 0 Å². The van der Waals surface area contributed by atoms with Gasteiger partial charge in [-0.2, -0.15) is 0 Å². The van der Waals surface area contributed by atoms with Crippen molar-refractivity contribution < 1.29 is 18.3 Å². The van der Waals surface area contributed by atoms with E-state index in [1.807, 2.05) is 4.90 Å². The predicted octanol–water partition coefficient (Wildman–Crippen LogP) is 0.608. The van der Waals surface area contributed by atoms with E-state index in [1.54, 1.807) is 13.8 Å². The summed E-state index contributed by atoms with van der Waals surface area (Å²) in [6, 6.07) is 0. The molecule has 1 aliphatic heterocycles. The van der Waals surface area contributed by atoms with Gasteiger partial charge in [-0.1, -0.05) is 6.92 Å². The lowest BCUT2D eigenvalue weighted by Crippen LogP contribution is -2.32. The number of sulfone groups is 1. The van der Waals surface area contributed by atoms with Gasteiger partial charge < -0.3 is 10.0 Å². The van der Waals surface area contributed by atoms with Crippen LogP contribution in [0.25, 0.3) is 0 Å². The van der Waals surface area contributed by atoms with E-state index in [2.05, 4.69) is 0 Å². The highest BCUT2D eigenvalue weighted by Crippen LogP contribution is 2.29. The van der Waals surface area contributed by atoms with Gasteiger partial charge in [0.25, 0.3) is 0 Å². The maximum Gasteiger partial charge on any atom is 0.310 e. The molecule has 0 radical (unpaired) electrons. The molecule has 0 spiro atoms. The molecule has 1 aliphatic rings. The molecule has 0 saturated carbocycles. The van der Waals surface area contributed by atoms with Crippen LogP contribution in [0.5, 0.6) is 0 Å². The highest BCUT2D eigenvalue weighted by Gasteiger charge is 2.39. The zero-order chi connectivity index (χ0) is 13.1. The minimum atomic E-state index is -2.90. The molecule has 5 nitrogen and oxygen atoms in total. The van der Waals surface area contributed by atoms with Gasteiger partial charge in [-0.15, -0.1) is 0 Å². The van der Waals surface area contributed by atoms with Crippen LogP contribution in [0.3, 0.4) is 0 Å². The smallest absolute Gasteiger partial charge is 0.310 e. The lowest BCUT2D eigenvalue weighted by atomic mass is 9.90. The second-order valence-electron chi connectivity index (χ2n) is 4.98. The van der Waals surface area contributed by atoms with Crippen molar-refractivity contribution in [2.45, 2.75) is 26.7 Å². The zero-order valence-corrected chi connectivity index (χ0v) is 11.3. The van der Waals surface area contributed by atoms with Crippen molar-refractivity contribution in [3.63, 3.8) is 0 Å². The van der Waals surface area contributed by atoms with Crippen molar-refractivity contribution >= 4 is 15.8 Å². The first-order valence-electron chi connectivity index (χ1n) is 5.95. The highest BCUT2D eigenvalue weighted by molar-refractivity contribution is 7.91. The monoisotopic (exact) mass is 263 g/mol. The molecule has 1 saturated heterocycles. The Morgan fingerprint density at radius 2 is 2.12 bits per heavy atom. The lowest BCUT2D eigenvalue weighted by Gasteiger charge is -2.19. The summed E-state index contributed by atoms with van der Waals surface area (Å²) < 4.78 is 22.6. The third-order valence-electron chi connectivity index (χ3n) is 3.44. The van der Waals surface area contributed by atoms with Crippen molar-refractivity contribution in [1.82, 2.24) is 4.90 Å². The molecule has 0 aromatic carbocycles. The van der Waals surface area contributed by atoms with Crippen LogP contribution in [0, 0.1) is 5.41 Å². The van der Waals surface area contributed by atoms with Crippen molar-refractivity contribution in [1.29, 1.82) is 0 Å². The Hall–Kier alpha value is -0.620. The number of nitrogens with zero attached hydrogens (tertiary/aromatic N) is 1. The van der Waals surface area contributed by atoms with E-state index < -0.39 is 21.2 Å². The SMILES string of the molecule is CCS(=O)(=O)CCCN1CCC(C)(C(=O)O)C1. The normalized spacial score (nSPS) is 26.2. The Morgan fingerprint density at radius 1 is 1.47 bits per heavy atom. The minimum absolute atomic E-state index is 0.180. The molecule has 1 rings (SSSR count). The second kappa shape index (κ2) is 5.35. The molecular weight excluding hydrogens is 242 g/mol. The Balaban J connectivity index is 2.35. The number of carboxylic acids is 1. The molecule has 17 heavy (non-hydrogen) atoms. The van der Waals surface area contributed by atoms with Gasteiger partial charge in [0, 0.05) is 12.3 Å². The second-order valence-corrected chi connectivity index (χ2v) is 7.45. The Bertz CT molecular complexity index is 379. The Kier molecular flexibility index (Phi) is 4.55. The Labute approximate surface area is 103 Å². The number of hydrogen-bond acceptors (Lipinski definition) is 4. The molecule has 100 valence electrons. The Morgan fingerprint density at radius 3 is 2.59 bits per heavy atom. The fourth-order valence-electron chi connectivity index (χ4n) is 2.07. The van der Waals surface area contributed by atoms with E-state index in [1.165, 1.54) is 0 Å². The molecule has 1 fully saturated rings. The topological polar surface area (TPSA) is 74.7 Å². The highest BCUT2D eigenvalue weighted by atomic mass is 32.2. The number of aliphatic carboxylic acids is 1. The van der Waals surface area contributed by atoms with Crippen LogP contribution in [0.4, 0.5) is 0 Å². The van der Waals surface area contributed by atoms with Gasteiger partial charge in [-0.3, -0.25) is 4.79 Å². The minimum Gasteiger partial charge on any atom is -0.481 e. The summed E-state index contributed by atoms with van der Waals surface area (Å²) in [5.41, 5.74) is -0.663. The fraction of sp³-hybridized carbons (Fsp3) is 0.909. The number of likely N-dealkylation sites (tertiary alicyclic amines) is 1. The van der Waals surface area contributed by atoms with Crippen LogP contribution < -0.4 is 0 Å². The zero-order valence-electron chi connectivity index (χ0n) is 10.5. The molecule has 1 unspecified atom stereocenters. The first-order valence-corrected chi connectivity index (χ1v) is 7.77. The van der Waals surface area contributed by atoms with Crippen molar-refractivity contribution in [3.8, 4) is 0 Å². The third kappa shape index (κ3) is 3.96. The van der Waals surface area contributed by atoms with Crippen LogP contribution in [0.2, 0.25) is 0 Å². The van der Waals surface area contributed by atoms with Crippen molar-refractivity contribution in [2.24, 2.45) is 5.41 Å². The van der Waals surface area contributed by atoms with Crippen LogP contribution in [-0.4, -0.2) is 55.5 Å². The average Bonchev–Trinajstić information content (AvgIpc) is 2.62. The van der Waals surface area contributed by atoms with Gasteiger partial charge in [-0.25, -0.2) is 8.42 Å². The van der Waals surface area contributed by atoms with Gasteiger partial charge in [0.2, 0.25) is 0 Å². The van der Waals surface area contributed by atoms with Crippen LogP contribution >= 0.6 is 0 Å². The molecule has 0 aromatic heterocycles. The summed E-state index contributed by atoms with van der Waals surface area (Å²) in [7, 11) is -2.90. The molecule has 6 heteroatoms. The van der Waals surface area contributed by atoms with Gasteiger partial charge in [-0.05, 0) is 32.9 Å². The summed E-state index contributed by atoms with van der Waals surface area (Å²) in [6.45, 7) is 5.33. The largest absolute Gasteiger partial charge is 0.481 e. The molecule has 0 aliphatic carbocycles.